The van der Waals surface area contributed by atoms with E-state index in [1.54, 1.807) is 24.3 Å². The van der Waals surface area contributed by atoms with Crippen molar-refractivity contribution in [2.24, 2.45) is 0 Å². The molecule has 3 aromatic carbocycles. The molecule has 3 rings (SSSR count). The number of nitriles is 1. The molecule has 0 unspecified atom stereocenters. The van der Waals surface area contributed by atoms with E-state index in [-0.39, 0.29) is 5.57 Å². The van der Waals surface area contributed by atoms with E-state index in [9.17, 15) is 10.1 Å². The van der Waals surface area contributed by atoms with E-state index < -0.39 is 5.91 Å². The monoisotopic (exact) mass is 426 g/mol. The maximum absolute atomic E-state index is 12.6. The molecule has 162 valence electrons. The highest BCUT2D eigenvalue weighted by molar-refractivity contribution is 6.09. The number of ether oxygens (including phenoxy) is 2. The van der Waals surface area contributed by atoms with Crippen molar-refractivity contribution in [3.05, 3.63) is 94.6 Å². The number of hydrogen-bond acceptors (Lipinski definition) is 4. The molecule has 0 spiro atoms. The van der Waals surface area contributed by atoms with Crippen LogP contribution in [-0.2, 0) is 11.4 Å². The first-order chi connectivity index (χ1) is 15.5. The summed E-state index contributed by atoms with van der Waals surface area (Å²) in [6, 6.07) is 22.8. The summed E-state index contributed by atoms with van der Waals surface area (Å²) in [6.45, 7) is 6.75. The Morgan fingerprint density at radius 2 is 1.75 bits per heavy atom. The SMILES string of the molecule is CCOc1cc(/C=C(\C#N)C(=O)Nc2ccc(C)c(C)c2)ccc1OCc1ccccc1. The van der Waals surface area contributed by atoms with E-state index >= 15 is 0 Å². The van der Waals surface area contributed by atoms with Crippen LogP contribution in [0.25, 0.3) is 6.08 Å². The zero-order valence-electron chi connectivity index (χ0n) is 18.5. The molecule has 32 heavy (non-hydrogen) atoms. The first-order valence-corrected chi connectivity index (χ1v) is 10.4. The highest BCUT2D eigenvalue weighted by Crippen LogP contribution is 2.30. The summed E-state index contributed by atoms with van der Waals surface area (Å²) < 4.78 is 11.6. The largest absolute Gasteiger partial charge is 0.490 e. The lowest BCUT2D eigenvalue weighted by molar-refractivity contribution is -0.112. The van der Waals surface area contributed by atoms with Gasteiger partial charge in [0.15, 0.2) is 11.5 Å². The van der Waals surface area contributed by atoms with Gasteiger partial charge >= 0.3 is 0 Å². The Bertz CT molecular complexity index is 1160. The first kappa shape index (κ1) is 22.6. The van der Waals surface area contributed by atoms with E-state index in [4.69, 9.17) is 9.47 Å². The number of aryl methyl sites for hydroxylation is 2. The summed E-state index contributed by atoms with van der Waals surface area (Å²) in [5.74, 6) is 0.702. The zero-order valence-corrected chi connectivity index (χ0v) is 18.5. The van der Waals surface area contributed by atoms with Crippen molar-refractivity contribution in [1.82, 2.24) is 0 Å². The topological polar surface area (TPSA) is 71.3 Å². The van der Waals surface area contributed by atoms with Crippen LogP contribution in [0.1, 0.15) is 29.2 Å². The van der Waals surface area contributed by atoms with Crippen LogP contribution in [0.4, 0.5) is 5.69 Å². The van der Waals surface area contributed by atoms with Gasteiger partial charge in [0.1, 0.15) is 18.2 Å². The molecule has 3 aromatic rings. The Labute approximate surface area is 188 Å². The molecule has 0 saturated heterocycles. The van der Waals surface area contributed by atoms with Crippen LogP contribution in [0, 0.1) is 25.2 Å². The number of hydrogen-bond donors (Lipinski definition) is 1. The summed E-state index contributed by atoms with van der Waals surface area (Å²) in [5.41, 5.74) is 4.58. The van der Waals surface area contributed by atoms with Gasteiger partial charge in [0, 0.05) is 5.69 Å². The van der Waals surface area contributed by atoms with Crippen LogP contribution < -0.4 is 14.8 Å². The Morgan fingerprint density at radius 1 is 0.969 bits per heavy atom. The third-order valence-electron chi connectivity index (χ3n) is 4.95. The molecule has 0 bridgehead atoms. The summed E-state index contributed by atoms with van der Waals surface area (Å²) >= 11 is 0. The molecule has 1 amide bonds. The predicted molar refractivity (Wildman–Crippen MR) is 127 cm³/mol. The molecular weight excluding hydrogens is 400 g/mol. The second-order valence-corrected chi connectivity index (χ2v) is 7.34. The lowest BCUT2D eigenvalue weighted by Crippen LogP contribution is -2.13. The fourth-order valence-electron chi connectivity index (χ4n) is 3.07. The maximum atomic E-state index is 12.6. The Kier molecular flexibility index (Phi) is 7.66. The van der Waals surface area contributed by atoms with Gasteiger partial charge in [0.2, 0.25) is 0 Å². The molecule has 0 radical (unpaired) electrons. The summed E-state index contributed by atoms with van der Waals surface area (Å²) in [4.78, 5) is 12.6. The van der Waals surface area contributed by atoms with E-state index in [0.29, 0.717) is 36.0 Å². The third-order valence-corrected chi connectivity index (χ3v) is 4.95. The highest BCUT2D eigenvalue weighted by atomic mass is 16.5. The number of benzene rings is 3. The molecule has 0 aromatic heterocycles. The van der Waals surface area contributed by atoms with Gasteiger partial charge in [-0.3, -0.25) is 4.79 Å². The van der Waals surface area contributed by atoms with Gasteiger partial charge in [-0.15, -0.1) is 0 Å². The number of nitrogens with one attached hydrogen (secondary N) is 1. The minimum atomic E-state index is -0.460. The number of carbonyl (C=O) groups is 1. The molecule has 0 saturated carbocycles. The predicted octanol–water partition coefficient (Wildman–Crippen LogP) is 5.83. The normalized spacial score (nSPS) is 10.9. The van der Waals surface area contributed by atoms with Gasteiger partial charge in [-0.1, -0.05) is 42.5 Å². The number of rotatable bonds is 8. The van der Waals surface area contributed by atoms with Crippen LogP contribution in [0.2, 0.25) is 0 Å². The Hall–Kier alpha value is -4.04. The smallest absolute Gasteiger partial charge is 0.266 e. The number of amides is 1. The number of nitrogens with zero attached hydrogens (tertiary/aromatic N) is 1. The minimum Gasteiger partial charge on any atom is -0.490 e. The van der Waals surface area contributed by atoms with E-state index in [1.165, 1.54) is 0 Å². The van der Waals surface area contributed by atoms with Gasteiger partial charge < -0.3 is 14.8 Å². The van der Waals surface area contributed by atoms with Crippen LogP contribution in [0.5, 0.6) is 11.5 Å². The molecule has 5 heteroatoms. The van der Waals surface area contributed by atoms with Crippen molar-refractivity contribution in [3.63, 3.8) is 0 Å². The van der Waals surface area contributed by atoms with Crippen molar-refractivity contribution in [3.8, 4) is 17.6 Å². The van der Waals surface area contributed by atoms with Crippen LogP contribution in [-0.4, -0.2) is 12.5 Å². The van der Waals surface area contributed by atoms with Gasteiger partial charge in [-0.25, -0.2) is 0 Å². The standard InChI is InChI=1S/C27H26N2O3/c1-4-31-26-16-22(11-13-25(26)32-18-21-8-6-5-7-9-21)15-23(17-28)27(30)29-24-12-10-19(2)20(3)14-24/h5-16H,4,18H2,1-3H3,(H,29,30)/b23-15+. The Balaban J connectivity index is 1.78. The molecule has 1 N–H and O–H groups in total. The molecule has 0 heterocycles. The molecule has 0 fully saturated rings. The van der Waals surface area contributed by atoms with E-state index in [1.807, 2.05) is 75.4 Å². The van der Waals surface area contributed by atoms with Crippen molar-refractivity contribution in [2.75, 3.05) is 11.9 Å². The first-order valence-electron chi connectivity index (χ1n) is 10.4. The molecule has 0 aliphatic rings. The maximum Gasteiger partial charge on any atom is 0.266 e. The van der Waals surface area contributed by atoms with Crippen molar-refractivity contribution in [1.29, 1.82) is 5.26 Å². The van der Waals surface area contributed by atoms with Crippen molar-refractivity contribution < 1.29 is 14.3 Å². The van der Waals surface area contributed by atoms with Gasteiger partial charge in [0.05, 0.1) is 6.61 Å². The second kappa shape index (κ2) is 10.8. The van der Waals surface area contributed by atoms with Crippen LogP contribution in [0.3, 0.4) is 0 Å². The average molecular weight is 427 g/mol. The van der Waals surface area contributed by atoms with E-state index in [2.05, 4.69) is 5.32 Å². The molecule has 0 aliphatic carbocycles. The average Bonchev–Trinajstić information content (AvgIpc) is 2.80. The second-order valence-electron chi connectivity index (χ2n) is 7.34. The number of carbonyl (C=O) groups excluding carboxylic acids is 1. The lowest BCUT2D eigenvalue weighted by Gasteiger charge is -2.13. The molecular formula is C27H26N2O3. The quantitative estimate of drug-likeness (QED) is 0.363. The summed E-state index contributed by atoms with van der Waals surface area (Å²) in [6.07, 6.45) is 1.54. The zero-order chi connectivity index (χ0) is 22.9. The van der Waals surface area contributed by atoms with Gasteiger partial charge in [-0.05, 0) is 73.4 Å². The highest BCUT2D eigenvalue weighted by Gasteiger charge is 2.12. The van der Waals surface area contributed by atoms with Gasteiger partial charge in [-0.2, -0.15) is 5.26 Å². The Morgan fingerprint density at radius 3 is 2.44 bits per heavy atom. The van der Waals surface area contributed by atoms with E-state index in [0.717, 1.165) is 16.7 Å². The fraction of sp³-hybridized carbons (Fsp3) is 0.185. The summed E-state index contributed by atoms with van der Waals surface area (Å²) in [7, 11) is 0. The number of anilines is 1. The third kappa shape index (κ3) is 5.99. The van der Waals surface area contributed by atoms with Crippen molar-refractivity contribution >= 4 is 17.7 Å². The lowest BCUT2D eigenvalue weighted by atomic mass is 10.1. The molecule has 0 atom stereocenters. The fourth-order valence-corrected chi connectivity index (χ4v) is 3.07. The van der Waals surface area contributed by atoms with Crippen LogP contribution >= 0.6 is 0 Å². The minimum absolute atomic E-state index is 0.00336. The molecule has 5 nitrogen and oxygen atoms in total. The van der Waals surface area contributed by atoms with Gasteiger partial charge in [0.25, 0.3) is 5.91 Å². The summed E-state index contributed by atoms with van der Waals surface area (Å²) in [5, 5.41) is 12.3. The molecule has 0 aliphatic heterocycles. The van der Waals surface area contributed by atoms with Crippen LogP contribution in [0.15, 0.2) is 72.3 Å². The van der Waals surface area contributed by atoms with Crippen molar-refractivity contribution in [2.45, 2.75) is 27.4 Å².